The molecule has 0 aromatic heterocycles. The molecule has 7 heteroatoms. The number of halogens is 2. The van der Waals surface area contributed by atoms with E-state index in [1.807, 2.05) is 6.07 Å². The average Bonchev–Trinajstić information content (AvgIpc) is 2.81. The van der Waals surface area contributed by atoms with Crippen LogP contribution in [0.2, 0.25) is 0 Å². The van der Waals surface area contributed by atoms with Gasteiger partial charge in [0, 0.05) is 13.2 Å². The minimum absolute atomic E-state index is 0.0724. The molecule has 0 aliphatic heterocycles. The minimum atomic E-state index is -1.47. The molecule has 0 aliphatic carbocycles. The fraction of sp³-hybridized carbons (Fsp3) is 0.200. The summed E-state index contributed by atoms with van der Waals surface area (Å²) in [7, 11) is 0. The molecule has 2 N–H and O–H groups in total. The summed E-state index contributed by atoms with van der Waals surface area (Å²) in [5.74, 6) is -2.52. The number of hydrogen-bond acceptors (Lipinski definition) is 4. The quantitative estimate of drug-likeness (QED) is 0.549. The SMILES string of the molecule is CCO[C@H](C(=O)NCc1ccc(C#N)cc1)c1c(F)cc(-c2ccccc2CO)cc1F. The van der Waals surface area contributed by atoms with E-state index in [0.717, 1.165) is 17.7 Å². The molecule has 164 valence electrons. The van der Waals surface area contributed by atoms with E-state index in [1.54, 1.807) is 55.5 Å². The molecular weight excluding hydrogens is 414 g/mol. The molecule has 0 aliphatic rings. The third-order valence-corrected chi connectivity index (χ3v) is 4.96. The van der Waals surface area contributed by atoms with Crippen molar-refractivity contribution in [2.75, 3.05) is 6.61 Å². The van der Waals surface area contributed by atoms with Gasteiger partial charge in [-0.15, -0.1) is 0 Å². The molecule has 3 rings (SSSR count). The minimum Gasteiger partial charge on any atom is -0.392 e. The van der Waals surface area contributed by atoms with Crippen molar-refractivity contribution in [2.24, 2.45) is 0 Å². The normalized spacial score (nSPS) is 11.6. The zero-order valence-electron chi connectivity index (χ0n) is 17.4. The molecule has 0 bridgehead atoms. The van der Waals surface area contributed by atoms with Crippen LogP contribution in [-0.2, 0) is 22.7 Å². The summed E-state index contributed by atoms with van der Waals surface area (Å²) >= 11 is 0. The van der Waals surface area contributed by atoms with Gasteiger partial charge in [-0.2, -0.15) is 5.26 Å². The lowest BCUT2D eigenvalue weighted by Crippen LogP contribution is -2.31. The number of benzene rings is 3. The highest BCUT2D eigenvalue weighted by Gasteiger charge is 2.28. The van der Waals surface area contributed by atoms with Crippen LogP contribution < -0.4 is 5.32 Å². The summed E-state index contributed by atoms with van der Waals surface area (Å²) in [6.45, 7) is 1.53. The Morgan fingerprint density at radius 3 is 2.38 bits per heavy atom. The topological polar surface area (TPSA) is 82.3 Å². The first-order valence-electron chi connectivity index (χ1n) is 10.0. The molecule has 0 spiro atoms. The number of carbonyl (C=O) groups is 1. The van der Waals surface area contributed by atoms with E-state index in [1.165, 1.54) is 0 Å². The first-order chi connectivity index (χ1) is 15.5. The Kier molecular flexibility index (Phi) is 7.66. The van der Waals surface area contributed by atoms with Gasteiger partial charge >= 0.3 is 0 Å². The van der Waals surface area contributed by atoms with Crippen molar-refractivity contribution < 1.29 is 23.4 Å². The van der Waals surface area contributed by atoms with Crippen LogP contribution in [0.5, 0.6) is 0 Å². The Labute approximate surface area is 184 Å². The van der Waals surface area contributed by atoms with Crippen molar-refractivity contribution in [3.63, 3.8) is 0 Å². The third kappa shape index (κ3) is 5.17. The Morgan fingerprint density at radius 1 is 1.12 bits per heavy atom. The van der Waals surface area contributed by atoms with Crippen molar-refractivity contribution in [2.45, 2.75) is 26.2 Å². The number of ether oxygens (including phenoxy) is 1. The zero-order chi connectivity index (χ0) is 23.1. The fourth-order valence-corrected chi connectivity index (χ4v) is 3.37. The van der Waals surface area contributed by atoms with Crippen LogP contribution in [0.15, 0.2) is 60.7 Å². The van der Waals surface area contributed by atoms with E-state index in [0.29, 0.717) is 16.7 Å². The molecule has 0 heterocycles. The molecule has 5 nitrogen and oxygen atoms in total. The van der Waals surface area contributed by atoms with E-state index in [4.69, 9.17) is 10.00 Å². The van der Waals surface area contributed by atoms with Crippen LogP contribution in [0.1, 0.15) is 35.3 Å². The fourth-order valence-electron chi connectivity index (χ4n) is 3.37. The highest BCUT2D eigenvalue weighted by molar-refractivity contribution is 5.82. The van der Waals surface area contributed by atoms with E-state index in [2.05, 4.69) is 5.32 Å². The molecule has 3 aromatic rings. The number of hydrogen-bond donors (Lipinski definition) is 2. The van der Waals surface area contributed by atoms with Crippen molar-refractivity contribution in [3.8, 4) is 17.2 Å². The molecule has 0 saturated carbocycles. The molecule has 0 unspecified atom stereocenters. The molecule has 0 fully saturated rings. The Balaban J connectivity index is 1.86. The number of carbonyl (C=O) groups excluding carboxylic acids is 1. The van der Waals surface area contributed by atoms with Gasteiger partial charge in [-0.1, -0.05) is 36.4 Å². The molecule has 32 heavy (non-hydrogen) atoms. The maximum atomic E-state index is 15.0. The van der Waals surface area contributed by atoms with Crippen LogP contribution >= 0.6 is 0 Å². The van der Waals surface area contributed by atoms with Gasteiger partial charge in [0.1, 0.15) is 11.6 Å². The summed E-state index contributed by atoms with van der Waals surface area (Å²) in [6, 6.07) is 17.6. The summed E-state index contributed by atoms with van der Waals surface area (Å²) < 4.78 is 35.4. The van der Waals surface area contributed by atoms with Crippen molar-refractivity contribution in [3.05, 3.63) is 94.6 Å². The monoisotopic (exact) mass is 436 g/mol. The van der Waals surface area contributed by atoms with Crippen LogP contribution in [0.3, 0.4) is 0 Å². The van der Waals surface area contributed by atoms with Crippen LogP contribution in [0.4, 0.5) is 8.78 Å². The van der Waals surface area contributed by atoms with E-state index < -0.39 is 29.2 Å². The molecule has 1 amide bonds. The van der Waals surface area contributed by atoms with Gasteiger partial charge in [0.25, 0.3) is 5.91 Å². The second-order valence-electron chi connectivity index (χ2n) is 7.03. The smallest absolute Gasteiger partial charge is 0.254 e. The number of nitrogens with one attached hydrogen (secondary N) is 1. The van der Waals surface area contributed by atoms with E-state index in [9.17, 15) is 9.90 Å². The average molecular weight is 436 g/mol. The van der Waals surface area contributed by atoms with Crippen molar-refractivity contribution >= 4 is 5.91 Å². The van der Waals surface area contributed by atoms with Gasteiger partial charge in [0.2, 0.25) is 0 Å². The number of amides is 1. The van der Waals surface area contributed by atoms with Gasteiger partial charge in [-0.05, 0) is 53.4 Å². The Morgan fingerprint density at radius 2 is 1.78 bits per heavy atom. The molecular formula is C25H22F2N2O3. The number of aliphatic hydroxyl groups is 1. The maximum absolute atomic E-state index is 15.0. The lowest BCUT2D eigenvalue weighted by molar-refractivity contribution is -0.133. The number of nitriles is 1. The molecule has 1 atom stereocenters. The predicted molar refractivity (Wildman–Crippen MR) is 115 cm³/mol. The van der Waals surface area contributed by atoms with Crippen LogP contribution in [0, 0.1) is 23.0 Å². The largest absolute Gasteiger partial charge is 0.392 e. The highest BCUT2D eigenvalue weighted by atomic mass is 19.1. The second kappa shape index (κ2) is 10.6. The lowest BCUT2D eigenvalue weighted by Gasteiger charge is -2.19. The molecule has 0 radical (unpaired) electrons. The van der Waals surface area contributed by atoms with Crippen molar-refractivity contribution in [1.82, 2.24) is 5.32 Å². The van der Waals surface area contributed by atoms with Gasteiger partial charge in [0.05, 0.1) is 23.8 Å². The second-order valence-corrected chi connectivity index (χ2v) is 7.03. The number of aliphatic hydroxyl groups excluding tert-OH is 1. The van der Waals surface area contributed by atoms with Crippen LogP contribution in [0.25, 0.3) is 11.1 Å². The highest BCUT2D eigenvalue weighted by Crippen LogP contribution is 2.31. The zero-order valence-corrected chi connectivity index (χ0v) is 17.4. The van der Waals surface area contributed by atoms with Gasteiger partial charge in [-0.3, -0.25) is 4.79 Å². The molecule has 3 aromatic carbocycles. The first-order valence-corrected chi connectivity index (χ1v) is 10.0. The maximum Gasteiger partial charge on any atom is 0.254 e. The van der Waals surface area contributed by atoms with E-state index >= 15 is 8.78 Å². The van der Waals surface area contributed by atoms with Crippen LogP contribution in [-0.4, -0.2) is 17.6 Å². The number of nitrogens with zero attached hydrogens (tertiary/aromatic N) is 1. The summed E-state index contributed by atoms with van der Waals surface area (Å²) in [5, 5.41) is 21.0. The van der Waals surface area contributed by atoms with E-state index in [-0.39, 0.29) is 25.3 Å². The third-order valence-electron chi connectivity index (χ3n) is 4.96. The Hall–Kier alpha value is -3.60. The standard InChI is InChI=1S/C25H22F2N2O3/c1-2-32-24(25(31)29-14-17-9-7-16(13-28)8-10-17)23-21(26)11-19(12-22(23)27)20-6-4-3-5-18(20)15-30/h3-12,24,30H,2,14-15H2,1H3,(H,29,31)/t24-/m0/s1. The van der Waals surface area contributed by atoms with Gasteiger partial charge < -0.3 is 15.2 Å². The summed E-state index contributed by atoms with van der Waals surface area (Å²) in [4.78, 5) is 12.7. The predicted octanol–water partition coefficient (Wildman–Crippen LogP) is 4.39. The first kappa shape index (κ1) is 23.1. The molecule has 0 saturated heterocycles. The lowest BCUT2D eigenvalue weighted by atomic mass is 9.96. The Bertz CT molecular complexity index is 1120. The number of rotatable bonds is 8. The summed E-state index contributed by atoms with van der Waals surface area (Å²) in [6.07, 6.45) is -1.47. The van der Waals surface area contributed by atoms with Crippen molar-refractivity contribution in [1.29, 1.82) is 5.26 Å². The van der Waals surface area contributed by atoms with Gasteiger partial charge in [-0.25, -0.2) is 8.78 Å². The van der Waals surface area contributed by atoms with Gasteiger partial charge in [0.15, 0.2) is 6.10 Å². The summed E-state index contributed by atoms with van der Waals surface area (Å²) in [5.41, 5.74) is 2.01.